The van der Waals surface area contributed by atoms with E-state index in [-0.39, 0.29) is 18.9 Å². The lowest BCUT2D eigenvalue weighted by Crippen LogP contribution is -2.46. The molecule has 23 heavy (non-hydrogen) atoms. The molecule has 0 aliphatic carbocycles. The summed E-state index contributed by atoms with van der Waals surface area (Å²) in [5.41, 5.74) is 5.43. The second kappa shape index (κ2) is 8.17. The van der Waals surface area contributed by atoms with Gasteiger partial charge in [-0.2, -0.15) is 0 Å². The summed E-state index contributed by atoms with van der Waals surface area (Å²) in [5, 5.41) is 9.69. The van der Waals surface area contributed by atoms with Crippen LogP contribution in [-0.2, 0) is 20.9 Å². The number of carbonyl (C=O) groups is 2. The Bertz CT molecular complexity index is 552. The van der Waals surface area contributed by atoms with Crippen LogP contribution in [0, 0.1) is 5.41 Å². The highest BCUT2D eigenvalue weighted by atomic mass is 16.6. The minimum atomic E-state index is -1.06. The Balaban J connectivity index is 2.60. The monoisotopic (exact) mass is 321 g/mol. The number of alkyl carbamates (subject to hydrolysis) is 1. The van der Waals surface area contributed by atoms with Gasteiger partial charge >= 0.3 is 12.1 Å². The van der Waals surface area contributed by atoms with E-state index in [9.17, 15) is 9.59 Å². The van der Waals surface area contributed by atoms with Gasteiger partial charge < -0.3 is 20.5 Å². The molecule has 0 heterocycles. The summed E-state index contributed by atoms with van der Waals surface area (Å²) in [6, 6.07) is 8.08. The summed E-state index contributed by atoms with van der Waals surface area (Å²) in [5.74, 6) is -0.895. The number of rotatable bonds is 6. The zero-order chi connectivity index (χ0) is 17.5. The van der Waals surface area contributed by atoms with Gasteiger partial charge in [0.1, 0.15) is 18.2 Å². The van der Waals surface area contributed by atoms with Crippen molar-refractivity contribution in [3.63, 3.8) is 0 Å². The van der Waals surface area contributed by atoms with Crippen molar-refractivity contribution in [1.82, 2.24) is 5.32 Å². The lowest BCUT2D eigenvalue weighted by atomic mass is 10.1. The molecule has 0 radical (unpaired) electrons. The van der Waals surface area contributed by atoms with Gasteiger partial charge in [-0.25, -0.2) is 9.59 Å². The van der Waals surface area contributed by atoms with Crippen molar-refractivity contribution in [1.29, 1.82) is 5.41 Å². The summed E-state index contributed by atoms with van der Waals surface area (Å²) in [6.45, 7) is 5.21. The highest BCUT2D eigenvalue weighted by Crippen LogP contribution is 2.10. The highest BCUT2D eigenvalue weighted by Gasteiger charge is 2.27. The first-order valence-electron chi connectivity index (χ1n) is 7.20. The van der Waals surface area contributed by atoms with Crippen molar-refractivity contribution in [2.75, 3.05) is 0 Å². The van der Waals surface area contributed by atoms with E-state index in [0.29, 0.717) is 0 Å². The van der Waals surface area contributed by atoms with Crippen LogP contribution in [0.3, 0.4) is 0 Å². The third kappa shape index (κ3) is 7.85. The molecule has 0 aromatic heterocycles. The van der Waals surface area contributed by atoms with Gasteiger partial charge in [-0.1, -0.05) is 30.3 Å². The van der Waals surface area contributed by atoms with E-state index in [1.807, 2.05) is 30.3 Å². The standard InChI is InChI=1S/C16H23N3O4/c1-16(2,3)23-14(20)12(9-13(17)18)19-15(21)22-10-11-7-5-4-6-8-11/h4-8,12H,9-10H2,1-3H3,(H3,17,18)(H,19,21)/t12-/m0/s1. The number of hydrogen-bond donors (Lipinski definition) is 3. The molecule has 126 valence electrons. The first kappa shape index (κ1) is 18.5. The Morgan fingerprint density at radius 2 is 1.87 bits per heavy atom. The van der Waals surface area contributed by atoms with E-state index in [2.05, 4.69) is 5.32 Å². The Kier molecular flexibility index (Phi) is 6.56. The van der Waals surface area contributed by atoms with Crippen LogP contribution in [0.1, 0.15) is 32.8 Å². The van der Waals surface area contributed by atoms with Gasteiger partial charge in [0.05, 0.1) is 5.84 Å². The molecule has 0 aliphatic heterocycles. The van der Waals surface area contributed by atoms with Crippen molar-refractivity contribution in [2.24, 2.45) is 5.73 Å². The molecule has 0 saturated heterocycles. The smallest absolute Gasteiger partial charge is 0.408 e. The molecule has 0 fully saturated rings. The number of hydrogen-bond acceptors (Lipinski definition) is 5. The molecule has 0 unspecified atom stereocenters. The summed E-state index contributed by atoms with van der Waals surface area (Å²) >= 11 is 0. The maximum atomic E-state index is 12.1. The highest BCUT2D eigenvalue weighted by molar-refractivity contribution is 5.88. The number of ether oxygens (including phenoxy) is 2. The van der Waals surface area contributed by atoms with Crippen LogP contribution >= 0.6 is 0 Å². The molecule has 1 aromatic rings. The van der Waals surface area contributed by atoms with Crippen LogP contribution in [0.25, 0.3) is 0 Å². The van der Waals surface area contributed by atoms with Gasteiger partial charge in [0.25, 0.3) is 0 Å². The van der Waals surface area contributed by atoms with Gasteiger partial charge in [0.15, 0.2) is 0 Å². The normalized spacial score (nSPS) is 12.1. The SMILES string of the molecule is CC(C)(C)OC(=O)[C@H](CC(=N)N)NC(=O)OCc1ccccc1. The van der Waals surface area contributed by atoms with E-state index in [1.165, 1.54) is 0 Å². The van der Waals surface area contributed by atoms with Crippen LogP contribution in [0.2, 0.25) is 0 Å². The number of benzene rings is 1. The van der Waals surface area contributed by atoms with Crippen molar-refractivity contribution in [3.8, 4) is 0 Å². The van der Waals surface area contributed by atoms with E-state index in [4.69, 9.17) is 20.6 Å². The molecule has 1 atom stereocenters. The summed E-state index contributed by atoms with van der Waals surface area (Å²) in [4.78, 5) is 23.9. The van der Waals surface area contributed by atoms with Crippen LogP contribution < -0.4 is 11.1 Å². The average Bonchev–Trinajstić information content (AvgIpc) is 2.43. The maximum Gasteiger partial charge on any atom is 0.408 e. The number of nitrogens with two attached hydrogens (primary N) is 1. The third-order valence-corrected chi connectivity index (χ3v) is 2.62. The Morgan fingerprint density at radius 1 is 1.26 bits per heavy atom. The topological polar surface area (TPSA) is 115 Å². The number of carbonyl (C=O) groups excluding carboxylic acids is 2. The van der Waals surface area contributed by atoms with Gasteiger partial charge in [-0.3, -0.25) is 5.41 Å². The van der Waals surface area contributed by atoms with Crippen molar-refractivity contribution >= 4 is 17.9 Å². The number of amidine groups is 1. The van der Waals surface area contributed by atoms with Crippen molar-refractivity contribution < 1.29 is 19.1 Å². The van der Waals surface area contributed by atoms with E-state index < -0.39 is 23.7 Å². The molecule has 7 heteroatoms. The van der Waals surface area contributed by atoms with Crippen LogP contribution in [0.15, 0.2) is 30.3 Å². The molecule has 0 aliphatic rings. The Labute approximate surface area is 135 Å². The molecular formula is C16H23N3O4. The summed E-state index contributed by atoms with van der Waals surface area (Å²) in [6.07, 6.45) is -0.916. The molecule has 7 nitrogen and oxygen atoms in total. The predicted octanol–water partition coefficient (Wildman–Crippen LogP) is 1.95. The van der Waals surface area contributed by atoms with Gasteiger partial charge in [-0.05, 0) is 26.3 Å². The van der Waals surface area contributed by atoms with Crippen molar-refractivity contribution in [2.45, 2.75) is 45.4 Å². The zero-order valence-electron chi connectivity index (χ0n) is 13.6. The molecule has 1 amide bonds. The largest absolute Gasteiger partial charge is 0.458 e. The first-order valence-corrected chi connectivity index (χ1v) is 7.20. The van der Waals surface area contributed by atoms with E-state index in [1.54, 1.807) is 20.8 Å². The summed E-state index contributed by atoms with van der Waals surface area (Å²) in [7, 11) is 0. The molecule has 0 saturated carbocycles. The van der Waals surface area contributed by atoms with Gasteiger partial charge in [-0.15, -0.1) is 0 Å². The second-order valence-electron chi connectivity index (χ2n) is 6.02. The Hall–Kier alpha value is -2.57. The molecule has 0 bridgehead atoms. The Morgan fingerprint density at radius 3 is 2.39 bits per heavy atom. The van der Waals surface area contributed by atoms with Crippen LogP contribution in [0.5, 0.6) is 0 Å². The molecule has 0 spiro atoms. The lowest BCUT2D eigenvalue weighted by molar-refractivity contribution is -0.157. The van der Waals surface area contributed by atoms with Gasteiger partial charge in [0.2, 0.25) is 0 Å². The van der Waals surface area contributed by atoms with E-state index in [0.717, 1.165) is 5.56 Å². The minimum absolute atomic E-state index is 0.0772. The number of esters is 1. The molecule has 1 rings (SSSR count). The fourth-order valence-electron chi connectivity index (χ4n) is 1.69. The minimum Gasteiger partial charge on any atom is -0.458 e. The van der Waals surface area contributed by atoms with Crippen LogP contribution in [-0.4, -0.2) is 29.5 Å². The fourth-order valence-corrected chi connectivity index (χ4v) is 1.69. The number of nitrogens with one attached hydrogen (secondary N) is 2. The van der Waals surface area contributed by atoms with Gasteiger partial charge in [0, 0.05) is 6.42 Å². The predicted molar refractivity (Wildman–Crippen MR) is 85.9 cm³/mol. The molecular weight excluding hydrogens is 298 g/mol. The fraction of sp³-hybridized carbons (Fsp3) is 0.438. The van der Waals surface area contributed by atoms with E-state index >= 15 is 0 Å². The van der Waals surface area contributed by atoms with Crippen molar-refractivity contribution in [3.05, 3.63) is 35.9 Å². The third-order valence-electron chi connectivity index (χ3n) is 2.62. The second-order valence-corrected chi connectivity index (χ2v) is 6.02. The lowest BCUT2D eigenvalue weighted by Gasteiger charge is -2.24. The molecule has 1 aromatic carbocycles. The maximum absolute atomic E-state index is 12.1. The number of amides is 1. The van der Waals surface area contributed by atoms with Crippen LogP contribution in [0.4, 0.5) is 4.79 Å². The molecule has 4 N–H and O–H groups in total. The summed E-state index contributed by atoms with van der Waals surface area (Å²) < 4.78 is 10.3. The quantitative estimate of drug-likeness (QED) is 0.421. The average molecular weight is 321 g/mol. The zero-order valence-corrected chi connectivity index (χ0v) is 13.6. The first-order chi connectivity index (χ1) is 10.7.